The number of likely N-dealkylation sites (N-methyl/N-ethyl adjacent to an activating group) is 2. The maximum atomic E-state index is 12.2. The van der Waals surface area contributed by atoms with Crippen LogP contribution in [-0.2, 0) is 38.2 Å². The molecule has 8 rings (SSSR count). The van der Waals surface area contributed by atoms with Crippen molar-refractivity contribution in [1.82, 2.24) is 9.80 Å². The van der Waals surface area contributed by atoms with Gasteiger partial charge in [0, 0.05) is 52.2 Å². The van der Waals surface area contributed by atoms with Gasteiger partial charge in [-0.1, -0.05) is 25.4 Å². The number of aromatic hydroxyl groups is 1. The molecule has 0 aliphatic carbocycles. The van der Waals surface area contributed by atoms with Crippen LogP contribution in [0.25, 0.3) is 0 Å². The average Bonchev–Trinajstić information content (AvgIpc) is 3.98. The van der Waals surface area contributed by atoms with E-state index in [-0.39, 0.29) is 54.7 Å². The predicted octanol–water partition coefficient (Wildman–Crippen LogP) is 6.06. The second-order valence-electron chi connectivity index (χ2n) is 15.1. The van der Waals surface area contributed by atoms with Gasteiger partial charge in [-0.05, 0) is 150 Å². The highest BCUT2D eigenvalue weighted by molar-refractivity contribution is 6.30. The Morgan fingerprint density at radius 1 is 0.591 bits per heavy atom. The van der Waals surface area contributed by atoms with Crippen LogP contribution in [0, 0.1) is 0 Å². The lowest BCUT2D eigenvalue weighted by Crippen LogP contribution is -2.41. The summed E-state index contributed by atoms with van der Waals surface area (Å²) in [7, 11) is 3.95. The Morgan fingerprint density at radius 3 is 1.29 bits per heavy atom. The molecule has 4 aliphatic heterocycles. The van der Waals surface area contributed by atoms with Gasteiger partial charge in [-0.2, -0.15) is 0 Å². The fourth-order valence-corrected chi connectivity index (χ4v) is 7.33. The van der Waals surface area contributed by atoms with Crippen LogP contribution in [0.2, 0.25) is 5.02 Å². The number of amides is 6. The zero-order valence-corrected chi connectivity index (χ0v) is 38.7. The Kier molecular flexibility index (Phi) is 22.0. The molecule has 354 valence electrons. The number of halogens is 1. The second-order valence-corrected chi connectivity index (χ2v) is 15.6. The summed E-state index contributed by atoms with van der Waals surface area (Å²) in [6.07, 6.45) is 5.15. The number of nitrogens with zero attached hydrogens (tertiary/aromatic N) is 4. The van der Waals surface area contributed by atoms with Crippen LogP contribution in [0.15, 0.2) is 97.1 Å². The van der Waals surface area contributed by atoms with E-state index in [0.29, 0.717) is 49.8 Å². The fourth-order valence-electron chi connectivity index (χ4n) is 7.21. The molecule has 5 N–H and O–H groups in total. The smallest absolute Gasteiger partial charge is 0.253 e. The summed E-state index contributed by atoms with van der Waals surface area (Å²) < 4.78 is 10.2. The van der Waals surface area contributed by atoms with E-state index in [1.54, 1.807) is 46.2 Å². The first-order valence-electron chi connectivity index (χ1n) is 21.9. The molecule has 0 spiro atoms. The number of nitrogens with one attached hydrogen (secondary N) is 4. The molecule has 0 radical (unpaired) electrons. The molecule has 0 aromatic heterocycles. The average molecular weight is 930 g/mol. The number of hydrogen-bond acceptors (Lipinski definition) is 11. The predicted molar refractivity (Wildman–Crippen MR) is 258 cm³/mol. The zero-order valence-electron chi connectivity index (χ0n) is 37.9. The van der Waals surface area contributed by atoms with E-state index in [1.807, 2.05) is 76.5 Å². The van der Waals surface area contributed by atoms with E-state index in [1.165, 1.54) is 12.1 Å². The molecule has 4 fully saturated rings. The monoisotopic (exact) mass is 928 g/mol. The lowest BCUT2D eigenvalue weighted by molar-refractivity contribution is -0.126. The van der Waals surface area contributed by atoms with Gasteiger partial charge in [-0.3, -0.25) is 38.6 Å². The molecular formula is C48H61ClN8O9. The van der Waals surface area contributed by atoms with Crippen LogP contribution in [0.3, 0.4) is 0 Å². The van der Waals surface area contributed by atoms with Crippen LogP contribution in [0.4, 0.5) is 34.1 Å². The number of phenols is 1. The Morgan fingerprint density at radius 2 is 0.955 bits per heavy atom. The van der Waals surface area contributed by atoms with Crippen molar-refractivity contribution in [1.29, 1.82) is 0 Å². The van der Waals surface area contributed by atoms with Crippen molar-refractivity contribution in [3.05, 3.63) is 102 Å². The minimum Gasteiger partial charge on any atom is -0.508 e. The first-order valence-corrected chi connectivity index (χ1v) is 22.3. The molecule has 2 unspecified atom stereocenters. The highest BCUT2D eigenvalue weighted by atomic mass is 35.5. The molecule has 4 saturated heterocycles. The van der Waals surface area contributed by atoms with Gasteiger partial charge in [0.2, 0.25) is 24.6 Å². The molecule has 4 aromatic rings. The van der Waals surface area contributed by atoms with E-state index < -0.39 is 0 Å². The van der Waals surface area contributed by atoms with Gasteiger partial charge >= 0.3 is 0 Å². The Balaban J connectivity index is 0.000000202. The molecule has 2 atom stereocenters. The van der Waals surface area contributed by atoms with Crippen LogP contribution < -0.4 is 31.1 Å². The van der Waals surface area contributed by atoms with Crippen LogP contribution in [-0.4, -0.2) is 130 Å². The number of benzene rings is 4. The number of rotatable bonds is 10. The number of morpholine rings is 2. The van der Waals surface area contributed by atoms with Crippen molar-refractivity contribution in [2.45, 2.75) is 51.6 Å². The Bertz CT molecular complexity index is 1990. The minimum absolute atomic E-state index is 0.0318. The third-order valence-corrected chi connectivity index (χ3v) is 10.9. The van der Waals surface area contributed by atoms with Gasteiger partial charge in [0.1, 0.15) is 19.0 Å². The first kappa shape index (κ1) is 52.3. The van der Waals surface area contributed by atoms with Crippen LogP contribution in [0.1, 0.15) is 39.5 Å². The third kappa shape index (κ3) is 16.6. The largest absolute Gasteiger partial charge is 0.508 e. The summed E-state index contributed by atoms with van der Waals surface area (Å²) in [6.45, 7) is 8.44. The Hall–Kier alpha value is -6.37. The van der Waals surface area contributed by atoms with Crippen molar-refractivity contribution in [3.63, 3.8) is 0 Å². The van der Waals surface area contributed by atoms with Crippen molar-refractivity contribution in [2.75, 3.05) is 97.8 Å². The van der Waals surface area contributed by atoms with Crippen LogP contribution in [0.5, 0.6) is 5.75 Å². The molecule has 66 heavy (non-hydrogen) atoms. The molecule has 4 aliphatic rings. The van der Waals surface area contributed by atoms with Crippen molar-refractivity contribution < 1.29 is 43.3 Å². The number of likely N-dealkylation sites (tertiary alicyclic amines) is 2. The maximum absolute atomic E-state index is 12.2. The summed E-state index contributed by atoms with van der Waals surface area (Å²) in [5.41, 5.74) is 4.62. The molecule has 0 saturated carbocycles. The van der Waals surface area contributed by atoms with Gasteiger partial charge in [-0.25, -0.2) is 0 Å². The van der Waals surface area contributed by atoms with Crippen molar-refractivity contribution >= 4 is 82.2 Å². The van der Waals surface area contributed by atoms with Gasteiger partial charge in [0.05, 0.1) is 25.3 Å². The molecule has 4 aromatic carbocycles. The fraction of sp³-hybridized carbons (Fsp3) is 0.375. The van der Waals surface area contributed by atoms with E-state index in [2.05, 4.69) is 31.1 Å². The van der Waals surface area contributed by atoms with Gasteiger partial charge in [0.25, 0.3) is 11.8 Å². The van der Waals surface area contributed by atoms with E-state index >= 15 is 0 Å². The molecular weight excluding hydrogens is 868 g/mol. The van der Waals surface area contributed by atoms with Crippen molar-refractivity contribution in [2.24, 2.45) is 0 Å². The Labute approximate surface area is 391 Å². The summed E-state index contributed by atoms with van der Waals surface area (Å²) in [5.74, 6) is 0.202. The van der Waals surface area contributed by atoms with Crippen LogP contribution >= 0.6 is 11.6 Å². The lowest BCUT2D eigenvalue weighted by atomic mass is 10.2. The third-order valence-electron chi connectivity index (χ3n) is 10.7. The number of anilines is 6. The highest BCUT2D eigenvalue weighted by Gasteiger charge is 2.29. The second kappa shape index (κ2) is 27.8. The first-order chi connectivity index (χ1) is 31.9. The van der Waals surface area contributed by atoms with E-state index in [4.69, 9.17) is 26.2 Å². The summed E-state index contributed by atoms with van der Waals surface area (Å²) in [6, 6.07) is 27.8. The standard InChI is InChI=1S/2C16H21N3O3.C7H6ClNO.C7H7NO2.C2H6/c2*1-18-8-2-3-14(18)16(21)17-12-4-6-13(7-5-12)19-9-10-22-11-15(19)20;8-6-1-3-7(4-2-6)9-5-10;9-5-8-6-1-3-7(10)4-2-6;1-2/h2*4-7,14H,2-3,8-11H2,1H3,(H,17,21);1-5H,(H,9,10);1-5,10H,(H,8,9);1-2H3. The topological polar surface area (TPSA) is 202 Å². The maximum Gasteiger partial charge on any atom is 0.253 e. The SMILES string of the molecule is CC.CN1CCCC1C(=O)Nc1ccc(N2CCOCC2=O)cc1.CN1CCCC1C(=O)Nc1ccc(N2CCOCC2=O)cc1.O=CNc1ccc(Cl)cc1.O=CNc1ccc(O)cc1. The van der Waals surface area contributed by atoms with Gasteiger partial charge in [0.15, 0.2) is 0 Å². The minimum atomic E-state index is -0.0412. The summed E-state index contributed by atoms with van der Waals surface area (Å²) in [5, 5.41) is 20.3. The summed E-state index contributed by atoms with van der Waals surface area (Å²) in [4.78, 5) is 75.4. The van der Waals surface area contributed by atoms with E-state index in [0.717, 1.165) is 67.2 Å². The normalized spacial score (nSPS) is 18.0. The molecule has 0 bridgehead atoms. The quantitative estimate of drug-likeness (QED) is 0.0915. The van der Waals surface area contributed by atoms with Crippen molar-refractivity contribution in [3.8, 4) is 5.75 Å². The number of phenolic OH excluding ortho intramolecular Hbond substituents is 1. The number of carbonyl (C=O) groups is 6. The molecule has 4 heterocycles. The molecule has 17 nitrogen and oxygen atoms in total. The number of carbonyl (C=O) groups excluding carboxylic acids is 6. The zero-order chi connectivity index (χ0) is 47.8. The summed E-state index contributed by atoms with van der Waals surface area (Å²) >= 11 is 5.60. The number of hydrogen-bond donors (Lipinski definition) is 5. The number of ether oxygens (including phenoxy) is 2. The van der Waals surface area contributed by atoms with E-state index in [9.17, 15) is 28.8 Å². The van der Waals surface area contributed by atoms with Gasteiger partial charge < -0.3 is 45.6 Å². The molecule has 18 heteroatoms. The lowest BCUT2D eigenvalue weighted by Gasteiger charge is -2.27. The van der Waals surface area contributed by atoms with Gasteiger partial charge in [-0.15, -0.1) is 0 Å². The highest BCUT2D eigenvalue weighted by Crippen LogP contribution is 2.23. The molecule has 6 amide bonds.